The zero-order chi connectivity index (χ0) is 7.19. The predicted molar refractivity (Wildman–Crippen MR) is 46.6 cm³/mol. The van der Waals surface area contributed by atoms with Crippen LogP contribution in [0.1, 0.15) is 25.7 Å². The lowest BCUT2D eigenvalue weighted by atomic mass is 9.96. The van der Waals surface area contributed by atoms with Crippen molar-refractivity contribution >= 4 is 28.8 Å². The minimum Gasteiger partial charge on any atom is -0.285 e. The molecule has 1 aliphatic carbocycles. The van der Waals surface area contributed by atoms with Crippen LogP contribution >= 0.6 is 22.9 Å². The molecule has 0 aromatic heterocycles. The highest BCUT2D eigenvalue weighted by Gasteiger charge is 2.52. The highest BCUT2D eigenvalue weighted by Crippen LogP contribution is 2.53. The Balaban J connectivity index is 2.15. The molecule has 56 valence electrons. The van der Waals surface area contributed by atoms with E-state index in [0.717, 1.165) is 25.8 Å². The van der Waals surface area contributed by atoms with E-state index in [-0.39, 0.29) is 5.41 Å². The molecule has 0 atom stereocenters. The van der Waals surface area contributed by atoms with Gasteiger partial charge in [-0.3, -0.25) is 7.91 Å². The molecule has 1 amide bonds. The molecule has 10 heavy (non-hydrogen) atoms. The fraction of sp³-hybridized carbons (Fsp3) is 0.857. The Kier molecular flexibility index (Phi) is 1.44. The molecule has 1 saturated carbocycles. The maximum atomic E-state index is 11.4. The van der Waals surface area contributed by atoms with Gasteiger partial charge in [0.25, 0.3) is 0 Å². The third-order valence-corrected chi connectivity index (χ3v) is 3.46. The number of halogens is 1. The summed E-state index contributed by atoms with van der Waals surface area (Å²) in [5.41, 5.74) is 0.138. The van der Waals surface area contributed by atoms with Crippen LogP contribution in [0.4, 0.5) is 0 Å². The van der Waals surface area contributed by atoms with E-state index in [9.17, 15) is 4.79 Å². The Labute approximate surface area is 74.5 Å². The zero-order valence-electron chi connectivity index (χ0n) is 5.77. The van der Waals surface area contributed by atoms with Crippen LogP contribution in [-0.4, -0.2) is 15.6 Å². The van der Waals surface area contributed by atoms with Gasteiger partial charge in [-0.2, -0.15) is 0 Å². The van der Waals surface area contributed by atoms with Crippen LogP contribution in [0.25, 0.3) is 0 Å². The van der Waals surface area contributed by atoms with Crippen LogP contribution in [0.5, 0.6) is 0 Å². The number of piperidine rings is 1. The second-order valence-corrected chi connectivity index (χ2v) is 4.44. The van der Waals surface area contributed by atoms with Crippen LogP contribution in [0.3, 0.4) is 0 Å². The molecule has 1 heterocycles. The molecule has 2 fully saturated rings. The van der Waals surface area contributed by atoms with E-state index in [0.29, 0.717) is 5.91 Å². The van der Waals surface area contributed by atoms with Crippen molar-refractivity contribution in [3.05, 3.63) is 0 Å². The quantitative estimate of drug-likeness (QED) is 0.474. The Bertz CT molecular complexity index is 176. The van der Waals surface area contributed by atoms with Crippen molar-refractivity contribution in [2.45, 2.75) is 25.7 Å². The second kappa shape index (κ2) is 2.09. The van der Waals surface area contributed by atoms with Gasteiger partial charge >= 0.3 is 0 Å². The maximum absolute atomic E-state index is 11.4. The molecule has 3 heteroatoms. The number of hydrogen-bond acceptors (Lipinski definition) is 1. The lowest BCUT2D eigenvalue weighted by molar-refractivity contribution is -0.132. The summed E-state index contributed by atoms with van der Waals surface area (Å²) in [4.78, 5) is 11.4. The Morgan fingerprint density at radius 1 is 1.40 bits per heavy atom. The summed E-state index contributed by atoms with van der Waals surface area (Å²) >= 11 is 2.13. The molecule has 0 unspecified atom stereocenters. The molecule has 0 N–H and O–H groups in total. The van der Waals surface area contributed by atoms with E-state index in [4.69, 9.17) is 0 Å². The standard InChI is InChI=1S/C7H10INO/c8-9-5-1-2-7(3-4-7)6(9)10/h1-5H2. The number of rotatable bonds is 0. The predicted octanol–water partition coefficient (Wildman–Crippen LogP) is 1.74. The van der Waals surface area contributed by atoms with Gasteiger partial charge < -0.3 is 0 Å². The summed E-state index contributed by atoms with van der Waals surface area (Å²) in [6, 6.07) is 0. The number of nitrogens with zero attached hydrogens (tertiary/aromatic N) is 1. The second-order valence-electron chi connectivity index (χ2n) is 3.27. The van der Waals surface area contributed by atoms with Crippen LogP contribution in [0, 0.1) is 5.41 Å². The largest absolute Gasteiger partial charge is 0.285 e. The van der Waals surface area contributed by atoms with Crippen LogP contribution in [-0.2, 0) is 4.79 Å². The van der Waals surface area contributed by atoms with Gasteiger partial charge in [0, 0.05) is 6.54 Å². The number of carbonyl (C=O) groups is 1. The monoisotopic (exact) mass is 251 g/mol. The first-order valence-electron chi connectivity index (χ1n) is 3.72. The van der Waals surface area contributed by atoms with Crippen LogP contribution < -0.4 is 0 Å². The highest BCUT2D eigenvalue weighted by atomic mass is 127. The molecule has 2 nitrogen and oxygen atoms in total. The molecule has 0 aromatic rings. The van der Waals surface area contributed by atoms with Gasteiger partial charge in [-0.05, 0) is 25.7 Å². The highest BCUT2D eigenvalue weighted by molar-refractivity contribution is 14.1. The van der Waals surface area contributed by atoms with Crippen molar-refractivity contribution < 1.29 is 4.79 Å². The summed E-state index contributed by atoms with van der Waals surface area (Å²) in [7, 11) is 0. The molecule has 0 bridgehead atoms. The van der Waals surface area contributed by atoms with Crippen molar-refractivity contribution in [1.29, 1.82) is 0 Å². The lowest BCUT2D eigenvalue weighted by Crippen LogP contribution is -2.35. The van der Waals surface area contributed by atoms with E-state index < -0.39 is 0 Å². The normalized spacial score (nSPS) is 29.3. The Morgan fingerprint density at radius 2 is 2.10 bits per heavy atom. The molecule has 1 spiro atoms. The number of amides is 1. The first-order chi connectivity index (χ1) is 4.75. The lowest BCUT2D eigenvalue weighted by Gasteiger charge is -2.26. The number of carbonyl (C=O) groups excluding carboxylic acids is 1. The minimum absolute atomic E-state index is 0.138. The van der Waals surface area contributed by atoms with Crippen molar-refractivity contribution in [3.8, 4) is 0 Å². The summed E-state index contributed by atoms with van der Waals surface area (Å²) in [6.45, 7) is 0.959. The van der Waals surface area contributed by atoms with Crippen molar-refractivity contribution in [3.63, 3.8) is 0 Å². The molecule has 0 aromatic carbocycles. The van der Waals surface area contributed by atoms with Gasteiger partial charge in [-0.1, -0.05) is 0 Å². The van der Waals surface area contributed by atoms with Gasteiger partial charge in [-0.15, -0.1) is 0 Å². The van der Waals surface area contributed by atoms with Crippen molar-refractivity contribution in [2.24, 2.45) is 5.41 Å². The molecule has 1 saturated heterocycles. The SMILES string of the molecule is O=C1N(I)CCCC12CC2. The fourth-order valence-corrected chi connectivity index (χ4v) is 2.49. The zero-order valence-corrected chi connectivity index (χ0v) is 7.93. The summed E-state index contributed by atoms with van der Waals surface area (Å²) in [5.74, 6) is 0.388. The number of hydrogen-bond donors (Lipinski definition) is 0. The van der Waals surface area contributed by atoms with E-state index >= 15 is 0 Å². The van der Waals surface area contributed by atoms with E-state index in [2.05, 4.69) is 22.9 Å². The Morgan fingerprint density at radius 3 is 2.60 bits per heavy atom. The topological polar surface area (TPSA) is 20.3 Å². The average molecular weight is 251 g/mol. The fourth-order valence-electron chi connectivity index (χ4n) is 1.64. The molecule has 1 aliphatic heterocycles. The molecular weight excluding hydrogens is 241 g/mol. The van der Waals surface area contributed by atoms with Crippen LogP contribution in [0.15, 0.2) is 0 Å². The molecular formula is C7H10INO. The minimum atomic E-state index is 0.138. The summed E-state index contributed by atoms with van der Waals surface area (Å²) in [6.07, 6.45) is 4.64. The van der Waals surface area contributed by atoms with Gasteiger partial charge in [-0.25, -0.2) is 0 Å². The van der Waals surface area contributed by atoms with E-state index in [1.165, 1.54) is 6.42 Å². The van der Waals surface area contributed by atoms with Crippen LogP contribution in [0.2, 0.25) is 0 Å². The molecule has 2 aliphatic rings. The first-order valence-corrected chi connectivity index (χ1v) is 4.69. The average Bonchev–Trinajstić information content (AvgIpc) is 2.65. The molecule has 2 rings (SSSR count). The third-order valence-electron chi connectivity index (χ3n) is 2.54. The van der Waals surface area contributed by atoms with E-state index in [1.54, 1.807) is 0 Å². The summed E-state index contributed by atoms with van der Waals surface area (Å²) < 4.78 is 1.86. The van der Waals surface area contributed by atoms with E-state index in [1.807, 2.05) is 3.11 Å². The first kappa shape index (κ1) is 6.88. The maximum Gasteiger partial charge on any atom is 0.237 e. The summed E-state index contributed by atoms with van der Waals surface area (Å²) in [5, 5.41) is 0. The van der Waals surface area contributed by atoms with Crippen molar-refractivity contribution in [2.75, 3.05) is 6.54 Å². The third kappa shape index (κ3) is 0.863. The van der Waals surface area contributed by atoms with Gasteiger partial charge in [0.05, 0.1) is 28.3 Å². The molecule has 0 radical (unpaired) electrons. The Hall–Kier alpha value is 0.200. The van der Waals surface area contributed by atoms with Gasteiger partial charge in [0.1, 0.15) is 0 Å². The smallest absolute Gasteiger partial charge is 0.237 e. The van der Waals surface area contributed by atoms with Gasteiger partial charge in [0.15, 0.2) is 0 Å². The van der Waals surface area contributed by atoms with Crippen molar-refractivity contribution in [1.82, 2.24) is 3.11 Å². The van der Waals surface area contributed by atoms with Gasteiger partial charge in [0.2, 0.25) is 5.91 Å².